The molecule has 0 atom stereocenters. The van der Waals surface area contributed by atoms with Crippen LogP contribution in [0.4, 0.5) is 11.5 Å². The van der Waals surface area contributed by atoms with E-state index in [4.69, 9.17) is 14.5 Å². The lowest BCUT2D eigenvalue weighted by molar-refractivity contribution is 0.220. The van der Waals surface area contributed by atoms with Crippen LogP contribution in [-0.4, -0.2) is 23.2 Å². The molecule has 0 saturated carbocycles. The second-order valence-corrected chi connectivity index (χ2v) is 6.13. The van der Waals surface area contributed by atoms with Crippen molar-refractivity contribution >= 4 is 11.5 Å². The maximum atomic E-state index is 5.84. The summed E-state index contributed by atoms with van der Waals surface area (Å²) in [5, 5.41) is 0. The molecule has 2 aromatic heterocycles. The summed E-state index contributed by atoms with van der Waals surface area (Å²) in [4.78, 5) is 11.1. The Morgan fingerprint density at radius 2 is 1.81 bits per heavy atom. The molecule has 134 valence electrons. The van der Waals surface area contributed by atoms with Gasteiger partial charge >= 0.3 is 0 Å². The Hall–Kier alpha value is -3.08. The van der Waals surface area contributed by atoms with Crippen LogP contribution in [-0.2, 0) is 6.54 Å². The minimum Gasteiger partial charge on any atom is -0.491 e. The number of methoxy groups -OCH3 is 1. The Morgan fingerprint density at radius 3 is 2.46 bits per heavy atom. The predicted molar refractivity (Wildman–Crippen MR) is 103 cm³/mol. The fourth-order valence-corrected chi connectivity index (χ4v) is 2.62. The van der Waals surface area contributed by atoms with Gasteiger partial charge in [0.1, 0.15) is 5.82 Å². The van der Waals surface area contributed by atoms with Gasteiger partial charge < -0.3 is 14.4 Å². The summed E-state index contributed by atoms with van der Waals surface area (Å²) in [5.74, 6) is 1.90. The summed E-state index contributed by atoms with van der Waals surface area (Å²) < 4.78 is 11.2. The van der Waals surface area contributed by atoms with Crippen molar-refractivity contribution in [3.63, 3.8) is 0 Å². The predicted octanol–water partition coefficient (Wildman–Crippen LogP) is 4.61. The maximum Gasteiger partial charge on any atom is 0.259 e. The van der Waals surface area contributed by atoms with Crippen LogP contribution in [0.15, 0.2) is 67.0 Å². The van der Waals surface area contributed by atoms with Crippen molar-refractivity contribution in [3.05, 3.63) is 72.6 Å². The van der Waals surface area contributed by atoms with Gasteiger partial charge in [0.25, 0.3) is 5.88 Å². The van der Waals surface area contributed by atoms with Crippen LogP contribution in [0, 0.1) is 0 Å². The van der Waals surface area contributed by atoms with Gasteiger partial charge in [-0.05, 0) is 49.7 Å². The molecule has 0 aliphatic rings. The first-order valence-corrected chi connectivity index (χ1v) is 8.60. The SMILES string of the molecule is COc1ccc(N(Cc2cccnc2)c2ccccc2)nc1OC(C)C. The van der Waals surface area contributed by atoms with Gasteiger partial charge in [-0.2, -0.15) is 4.98 Å². The standard InChI is InChI=1S/C21H23N3O2/c1-16(2)26-21-19(25-3)11-12-20(23-21)24(18-9-5-4-6-10-18)15-17-8-7-13-22-14-17/h4-14,16H,15H2,1-3H3. The second kappa shape index (κ2) is 8.34. The van der Waals surface area contributed by atoms with Gasteiger partial charge in [-0.25, -0.2) is 0 Å². The molecule has 3 aromatic rings. The van der Waals surface area contributed by atoms with E-state index in [-0.39, 0.29) is 6.10 Å². The molecule has 0 spiro atoms. The lowest BCUT2D eigenvalue weighted by atomic mass is 10.2. The Balaban J connectivity index is 2.01. The number of hydrogen-bond acceptors (Lipinski definition) is 5. The van der Waals surface area contributed by atoms with E-state index >= 15 is 0 Å². The monoisotopic (exact) mass is 349 g/mol. The maximum absolute atomic E-state index is 5.84. The molecule has 0 radical (unpaired) electrons. The van der Waals surface area contributed by atoms with E-state index in [0.717, 1.165) is 17.1 Å². The van der Waals surface area contributed by atoms with E-state index in [0.29, 0.717) is 18.2 Å². The van der Waals surface area contributed by atoms with Gasteiger partial charge in [-0.3, -0.25) is 4.98 Å². The highest BCUT2D eigenvalue weighted by molar-refractivity contribution is 5.61. The number of rotatable bonds is 7. The zero-order valence-corrected chi connectivity index (χ0v) is 15.3. The quantitative estimate of drug-likeness (QED) is 0.623. The van der Waals surface area contributed by atoms with Crippen molar-refractivity contribution in [3.8, 4) is 11.6 Å². The third-order valence-corrected chi connectivity index (χ3v) is 3.79. The molecule has 0 amide bonds. The molecule has 0 fully saturated rings. The molecule has 0 N–H and O–H groups in total. The zero-order chi connectivity index (χ0) is 18.4. The highest BCUT2D eigenvalue weighted by Gasteiger charge is 2.16. The van der Waals surface area contributed by atoms with Crippen molar-refractivity contribution in [2.75, 3.05) is 12.0 Å². The first kappa shape index (κ1) is 17.7. The van der Waals surface area contributed by atoms with Gasteiger partial charge in [0.2, 0.25) is 0 Å². The van der Waals surface area contributed by atoms with E-state index in [1.54, 1.807) is 13.3 Å². The molecule has 26 heavy (non-hydrogen) atoms. The Labute approximate surface area is 154 Å². The van der Waals surface area contributed by atoms with Crippen molar-refractivity contribution < 1.29 is 9.47 Å². The topological polar surface area (TPSA) is 47.5 Å². The third-order valence-electron chi connectivity index (χ3n) is 3.79. The molecule has 0 aliphatic carbocycles. The summed E-state index contributed by atoms with van der Waals surface area (Å²) in [6.07, 6.45) is 3.65. The molecule has 5 nitrogen and oxygen atoms in total. The van der Waals surface area contributed by atoms with Crippen LogP contribution in [0.5, 0.6) is 11.6 Å². The fourth-order valence-electron chi connectivity index (χ4n) is 2.62. The van der Waals surface area contributed by atoms with Crippen LogP contribution >= 0.6 is 0 Å². The average Bonchev–Trinajstić information content (AvgIpc) is 2.67. The second-order valence-electron chi connectivity index (χ2n) is 6.13. The number of hydrogen-bond donors (Lipinski definition) is 0. The lowest BCUT2D eigenvalue weighted by Crippen LogP contribution is -2.18. The van der Waals surface area contributed by atoms with Crippen LogP contribution in [0.3, 0.4) is 0 Å². The number of pyridine rings is 2. The lowest BCUT2D eigenvalue weighted by Gasteiger charge is -2.25. The highest BCUT2D eigenvalue weighted by Crippen LogP contribution is 2.32. The summed E-state index contributed by atoms with van der Waals surface area (Å²) >= 11 is 0. The third kappa shape index (κ3) is 4.30. The molecule has 1 aromatic carbocycles. The Kier molecular flexibility index (Phi) is 5.69. The van der Waals surface area contributed by atoms with Crippen LogP contribution in [0.1, 0.15) is 19.4 Å². The molecule has 2 heterocycles. The van der Waals surface area contributed by atoms with Crippen molar-refractivity contribution in [1.29, 1.82) is 0 Å². The summed E-state index contributed by atoms with van der Waals surface area (Å²) in [6, 6.07) is 18.0. The molecular weight excluding hydrogens is 326 g/mol. The van der Waals surface area contributed by atoms with E-state index in [2.05, 4.69) is 28.1 Å². The molecule has 3 rings (SSSR count). The van der Waals surface area contributed by atoms with Crippen molar-refractivity contribution in [2.24, 2.45) is 0 Å². The molecular formula is C21H23N3O2. The summed E-state index contributed by atoms with van der Waals surface area (Å²) in [7, 11) is 1.62. The molecule has 0 aliphatic heterocycles. The van der Waals surface area contributed by atoms with Crippen LogP contribution < -0.4 is 14.4 Å². The largest absolute Gasteiger partial charge is 0.491 e. The van der Waals surface area contributed by atoms with Crippen LogP contribution in [0.25, 0.3) is 0 Å². The van der Waals surface area contributed by atoms with Gasteiger partial charge in [-0.15, -0.1) is 0 Å². The van der Waals surface area contributed by atoms with Gasteiger partial charge in [0.15, 0.2) is 5.75 Å². The molecule has 0 saturated heterocycles. The number of ether oxygens (including phenoxy) is 2. The van der Waals surface area contributed by atoms with E-state index in [9.17, 15) is 0 Å². The Bertz CT molecular complexity index is 823. The minimum absolute atomic E-state index is 0.00940. The van der Waals surface area contributed by atoms with Gasteiger partial charge in [0, 0.05) is 18.1 Å². The summed E-state index contributed by atoms with van der Waals surface area (Å²) in [5.41, 5.74) is 2.14. The number of nitrogens with zero attached hydrogens (tertiary/aromatic N) is 3. The first-order chi connectivity index (χ1) is 12.7. The number of anilines is 2. The van der Waals surface area contributed by atoms with Gasteiger partial charge in [-0.1, -0.05) is 24.3 Å². The fraction of sp³-hybridized carbons (Fsp3) is 0.238. The van der Waals surface area contributed by atoms with Crippen molar-refractivity contribution in [1.82, 2.24) is 9.97 Å². The smallest absolute Gasteiger partial charge is 0.259 e. The minimum atomic E-state index is 0.00940. The van der Waals surface area contributed by atoms with E-state index in [1.165, 1.54) is 0 Å². The average molecular weight is 349 g/mol. The first-order valence-electron chi connectivity index (χ1n) is 8.60. The van der Waals surface area contributed by atoms with E-state index < -0.39 is 0 Å². The number of para-hydroxylation sites is 1. The van der Waals surface area contributed by atoms with Crippen molar-refractivity contribution in [2.45, 2.75) is 26.5 Å². The molecule has 0 unspecified atom stereocenters. The van der Waals surface area contributed by atoms with E-state index in [1.807, 2.05) is 56.4 Å². The normalized spacial score (nSPS) is 10.6. The zero-order valence-electron chi connectivity index (χ0n) is 15.3. The highest BCUT2D eigenvalue weighted by atomic mass is 16.5. The van der Waals surface area contributed by atoms with Crippen LogP contribution in [0.2, 0.25) is 0 Å². The number of benzene rings is 1. The molecule has 5 heteroatoms. The Morgan fingerprint density at radius 1 is 1.00 bits per heavy atom. The molecule has 0 bridgehead atoms. The van der Waals surface area contributed by atoms with Gasteiger partial charge in [0.05, 0.1) is 19.8 Å². The summed E-state index contributed by atoms with van der Waals surface area (Å²) in [6.45, 7) is 4.59. The number of aromatic nitrogens is 2.